The third-order valence-corrected chi connectivity index (χ3v) is 8.49. The third-order valence-electron chi connectivity index (χ3n) is 8.06. The van der Waals surface area contributed by atoms with Crippen LogP contribution in [0.25, 0.3) is 0 Å². The van der Waals surface area contributed by atoms with Crippen molar-refractivity contribution in [3.63, 3.8) is 0 Å². The molecule has 3 heterocycles. The topological polar surface area (TPSA) is 59.8 Å². The molecule has 7 nitrogen and oxygen atoms in total. The number of piperidine rings is 1. The molecule has 1 unspecified atom stereocenters. The van der Waals surface area contributed by atoms with Crippen molar-refractivity contribution in [1.82, 2.24) is 19.6 Å². The molecule has 3 fully saturated rings. The summed E-state index contributed by atoms with van der Waals surface area (Å²) >= 11 is 6.22. The molecule has 1 amide bonds. The van der Waals surface area contributed by atoms with Gasteiger partial charge in [0.1, 0.15) is 5.75 Å². The summed E-state index contributed by atoms with van der Waals surface area (Å²) in [6.45, 7) is 7.83. The Bertz CT molecular complexity index is 1030. The zero-order chi connectivity index (χ0) is 25.0. The smallest absolute Gasteiger partial charge is 0.223 e. The number of aryl methyl sites for hydroxylation is 1. The molecular weight excluding hydrogens is 476 g/mol. The van der Waals surface area contributed by atoms with E-state index >= 15 is 0 Å². The van der Waals surface area contributed by atoms with Gasteiger partial charge in [0.15, 0.2) is 0 Å². The number of aromatic nitrogens is 2. The monoisotopic (exact) mass is 514 g/mol. The van der Waals surface area contributed by atoms with E-state index in [0.717, 1.165) is 48.8 Å². The van der Waals surface area contributed by atoms with Crippen molar-refractivity contribution in [2.75, 3.05) is 46.0 Å². The Morgan fingerprint density at radius 3 is 2.78 bits per heavy atom. The largest absolute Gasteiger partial charge is 0.493 e. The quantitative estimate of drug-likeness (QED) is 0.503. The minimum atomic E-state index is -0.234. The molecule has 1 atom stereocenters. The van der Waals surface area contributed by atoms with Crippen molar-refractivity contribution in [3.8, 4) is 5.75 Å². The lowest BCUT2D eigenvalue weighted by atomic mass is 9.77. The standard InChI is InChI=1S/C28H39ClN4O3/c1-22-15-25(7-8-26(22)29)36-21-28(16-27(34)32-11-13-35-14-12-32)9-4-10-31(20-28)18-23-17-30-33(19-23)24-5-2-3-6-24/h7-8,15,17,19,24H,2-6,9-14,16,18,20-21H2,1H3. The fourth-order valence-electron chi connectivity index (χ4n) is 6.03. The number of morpholine rings is 1. The van der Waals surface area contributed by atoms with Crippen LogP contribution in [0.4, 0.5) is 0 Å². The maximum absolute atomic E-state index is 13.4. The van der Waals surface area contributed by atoms with E-state index in [4.69, 9.17) is 21.1 Å². The first-order valence-electron chi connectivity index (χ1n) is 13.5. The molecule has 196 valence electrons. The Hall–Kier alpha value is -2.09. The van der Waals surface area contributed by atoms with E-state index in [1.807, 2.05) is 36.2 Å². The van der Waals surface area contributed by atoms with Gasteiger partial charge in [-0.05, 0) is 62.9 Å². The number of likely N-dealkylation sites (tertiary alicyclic amines) is 1. The van der Waals surface area contributed by atoms with Gasteiger partial charge < -0.3 is 14.4 Å². The lowest BCUT2D eigenvalue weighted by Crippen LogP contribution is -2.50. The molecule has 5 rings (SSSR count). The molecule has 36 heavy (non-hydrogen) atoms. The fourth-order valence-corrected chi connectivity index (χ4v) is 6.15. The second-order valence-electron chi connectivity index (χ2n) is 11.0. The number of nitrogens with zero attached hydrogens (tertiary/aromatic N) is 4. The predicted octanol–water partition coefficient (Wildman–Crippen LogP) is 4.87. The minimum Gasteiger partial charge on any atom is -0.493 e. The van der Waals surface area contributed by atoms with Gasteiger partial charge in [0.2, 0.25) is 5.91 Å². The second-order valence-corrected chi connectivity index (χ2v) is 11.4. The molecule has 1 aromatic heterocycles. The first-order valence-corrected chi connectivity index (χ1v) is 13.9. The van der Waals surface area contributed by atoms with Crippen LogP contribution in [0.5, 0.6) is 5.75 Å². The summed E-state index contributed by atoms with van der Waals surface area (Å²) < 4.78 is 14.0. The highest BCUT2D eigenvalue weighted by molar-refractivity contribution is 6.31. The third kappa shape index (κ3) is 6.24. The fraction of sp³-hybridized carbons (Fsp3) is 0.643. The Labute approximate surface area is 219 Å². The Morgan fingerprint density at radius 1 is 1.19 bits per heavy atom. The van der Waals surface area contributed by atoms with Crippen molar-refractivity contribution in [3.05, 3.63) is 46.7 Å². The number of carbonyl (C=O) groups excluding carboxylic acids is 1. The summed E-state index contributed by atoms with van der Waals surface area (Å²) in [5, 5.41) is 5.42. The number of carbonyl (C=O) groups is 1. The number of rotatable bonds is 8. The van der Waals surface area contributed by atoms with Crippen LogP contribution in [0.2, 0.25) is 5.02 Å². The normalized spacial score (nSPS) is 23.8. The summed E-state index contributed by atoms with van der Waals surface area (Å²) in [6, 6.07) is 6.34. The van der Waals surface area contributed by atoms with Gasteiger partial charge in [0.05, 0.1) is 32.1 Å². The molecule has 1 saturated carbocycles. The van der Waals surface area contributed by atoms with E-state index in [1.165, 1.54) is 31.2 Å². The van der Waals surface area contributed by atoms with Crippen LogP contribution >= 0.6 is 11.6 Å². The van der Waals surface area contributed by atoms with Crippen molar-refractivity contribution >= 4 is 17.5 Å². The van der Waals surface area contributed by atoms with E-state index in [9.17, 15) is 4.79 Å². The minimum absolute atomic E-state index is 0.213. The second kappa shape index (κ2) is 11.5. The summed E-state index contributed by atoms with van der Waals surface area (Å²) in [5.74, 6) is 1.02. The number of hydrogen-bond donors (Lipinski definition) is 0. The lowest BCUT2D eigenvalue weighted by molar-refractivity contribution is -0.139. The van der Waals surface area contributed by atoms with Crippen molar-refractivity contribution < 1.29 is 14.3 Å². The highest BCUT2D eigenvalue weighted by Crippen LogP contribution is 2.36. The van der Waals surface area contributed by atoms with Crippen LogP contribution in [0, 0.1) is 12.3 Å². The highest BCUT2D eigenvalue weighted by Gasteiger charge is 2.40. The number of amides is 1. The molecule has 2 saturated heterocycles. The Balaban J connectivity index is 1.29. The van der Waals surface area contributed by atoms with E-state index in [0.29, 0.717) is 45.4 Å². The molecule has 0 spiro atoms. The van der Waals surface area contributed by atoms with E-state index in [1.54, 1.807) is 0 Å². The Kier molecular flexibility index (Phi) is 8.18. The molecule has 1 aliphatic carbocycles. The summed E-state index contributed by atoms with van der Waals surface area (Å²) in [6.07, 6.45) is 11.9. The SMILES string of the molecule is Cc1cc(OCC2(CC(=O)N3CCOCC3)CCCN(Cc3cnn(C4CCCC4)c3)C2)ccc1Cl. The van der Waals surface area contributed by atoms with E-state index < -0.39 is 0 Å². The van der Waals surface area contributed by atoms with Crippen molar-refractivity contribution in [2.45, 2.75) is 64.5 Å². The van der Waals surface area contributed by atoms with Gasteiger partial charge in [-0.1, -0.05) is 24.4 Å². The average molecular weight is 515 g/mol. The number of benzene rings is 1. The average Bonchev–Trinajstić information content (AvgIpc) is 3.58. The van der Waals surface area contributed by atoms with Gasteiger partial charge in [-0.3, -0.25) is 14.4 Å². The zero-order valence-corrected chi connectivity index (χ0v) is 22.2. The van der Waals surface area contributed by atoms with E-state index in [-0.39, 0.29) is 11.3 Å². The number of hydrogen-bond acceptors (Lipinski definition) is 5. The van der Waals surface area contributed by atoms with Gasteiger partial charge in [-0.25, -0.2) is 0 Å². The van der Waals surface area contributed by atoms with E-state index in [2.05, 4.69) is 20.9 Å². The molecule has 8 heteroatoms. The molecule has 2 aromatic rings. The molecule has 2 aliphatic heterocycles. The first kappa shape index (κ1) is 25.6. The zero-order valence-electron chi connectivity index (χ0n) is 21.5. The van der Waals surface area contributed by atoms with Gasteiger partial charge in [-0.2, -0.15) is 5.10 Å². The molecule has 0 radical (unpaired) electrons. The molecule has 0 bridgehead atoms. The maximum atomic E-state index is 13.4. The van der Waals surface area contributed by atoms with Gasteiger partial charge in [0, 0.05) is 54.8 Å². The van der Waals surface area contributed by atoms with Crippen LogP contribution in [-0.4, -0.2) is 71.5 Å². The molecule has 0 N–H and O–H groups in total. The van der Waals surface area contributed by atoms with Gasteiger partial charge >= 0.3 is 0 Å². The van der Waals surface area contributed by atoms with Crippen LogP contribution < -0.4 is 4.74 Å². The maximum Gasteiger partial charge on any atom is 0.223 e. The van der Waals surface area contributed by atoms with Gasteiger partial charge in [-0.15, -0.1) is 0 Å². The predicted molar refractivity (Wildman–Crippen MR) is 140 cm³/mol. The molecular formula is C28H39ClN4O3. The van der Waals surface area contributed by atoms with Crippen molar-refractivity contribution in [1.29, 1.82) is 0 Å². The van der Waals surface area contributed by atoms with Crippen LogP contribution in [0.15, 0.2) is 30.6 Å². The van der Waals surface area contributed by atoms with Gasteiger partial charge in [0.25, 0.3) is 0 Å². The van der Waals surface area contributed by atoms with Crippen LogP contribution in [0.1, 0.15) is 62.1 Å². The number of halogens is 1. The van der Waals surface area contributed by atoms with Crippen LogP contribution in [-0.2, 0) is 16.1 Å². The number of ether oxygens (including phenoxy) is 2. The molecule has 3 aliphatic rings. The summed E-state index contributed by atoms with van der Waals surface area (Å²) in [4.78, 5) is 17.8. The summed E-state index contributed by atoms with van der Waals surface area (Å²) in [7, 11) is 0. The lowest BCUT2D eigenvalue weighted by Gasteiger charge is -2.43. The first-order chi connectivity index (χ1) is 17.5. The Morgan fingerprint density at radius 2 is 2.00 bits per heavy atom. The molecule has 1 aromatic carbocycles. The summed E-state index contributed by atoms with van der Waals surface area (Å²) in [5.41, 5.74) is 2.02. The van der Waals surface area contributed by atoms with Crippen molar-refractivity contribution in [2.24, 2.45) is 5.41 Å². The highest BCUT2D eigenvalue weighted by atomic mass is 35.5. The van der Waals surface area contributed by atoms with Crippen LogP contribution in [0.3, 0.4) is 0 Å².